The van der Waals surface area contributed by atoms with Gasteiger partial charge in [0.05, 0.1) is 5.82 Å². The second-order valence-corrected chi connectivity index (χ2v) is 19.6. The minimum absolute atomic E-state index is 0. The Morgan fingerprint density at radius 2 is 0.890 bits per heavy atom. The van der Waals surface area contributed by atoms with Crippen molar-refractivity contribution in [2.75, 3.05) is 0 Å². The summed E-state index contributed by atoms with van der Waals surface area (Å²) in [6.07, 6.45) is 9.31. The van der Waals surface area contributed by atoms with Gasteiger partial charge in [0.25, 0.3) is 0 Å². The van der Waals surface area contributed by atoms with E-state index < -0.39 is 0 Å². The van der Waals surface area contributed by atoms with E-state index >= 15 is 0 Å². The molecule has 0 atom stereocenters. The van der Waals surface area contributed by atoms with Crippen molar-refractivity contribution < 1.29 is 20.1 Å². The summed E-state index contributed by atoms with van der Waals surface area (Å²) in [6, 6.07) is 84.4. The molecule has 0 saturated heterocycles. The third kappa shape index (κ3) is 11.2. The SMILES string of the molecule is CC(C)(C)Cn1ccnc1-c1[c-]cc(CCc2cc(-c3ccccc3-c3c[c-]c(-c4ccccn4)cc3)cc(-c3ccc(-c4ccc(-c5ccccc5)cc4)cc3-c3c[c-]c(-c4ccccn4)cc3)c2)cc1.[Ir+3]. The molecular weight excluding hydrogens is 1060 g/mol. The zero-order valence-corrected chi connectivity index (χ0v) is 43.6. The van der Waals surface area contributed by atoms with Gasteiger partial charge in [-0.25, -0.2) is 0 Å². The van der Waals surface area contributed by atoms with Crippen LogP contribution in [0.15, 0.2) is 231 Å². The van der Waals surface area contributed by atoms with Crippen LogP contribution in [0, 0.1) is 23.6 Å². The summed E-state index contributed by atoms with van der Waals surface area (Å²) in [7, 11) is 0. The van der Waals surface area contributed by atoms with Gasteiger partial charge in [-0.15, -0.1) is 95.1 Å². The Morgan fingerprint density at radius 1 is 0.384 bits per heavy atom. The predicted octanol–water partition coefficient (Wildman–Crippen LogP) is 16.9. The van der Waals surface area contributed by atoms with Gasteiger partial charge in [-0.2, -0.15) is 0 Å². The van der Waals surface area contributed by atoms with Crippen LogP contribution in [0.4, 0.5) is 0 Å². The van der Waals surface area contributed by atoms with Crippen LogP contribution in [0.1, 0.15) is 31.9 Å². The molecule has 0 aliphatic carbocycles. The van der Waals surface area contributed by atoms with Gasteiger partial charge in [-0.3, -0.25) is 4.98 Å². The number of aryl methyl sites for hydroxylation is 2. The second kappa shape index (κ2) is 21.7. The van der Waals surface area contributed by atoms with Crippen LogP contribution < -0.4 is 0 Å². The Kier molecular flexibility index (Phi) is 14.4. The smallest absolute Gasteiger partial charge is 0.370 e. The number of imidazole rings is 1. The minimum Gasteiger partial charge on any atom is -0.370 e. The third-order valence-electron chi connectivity index (χ3n) is 13.2. The Hall–Kier alpha value is -8.08. The van der Waals surface area contributed by atoms with E-state index in [0.717, 1.165) is 109 Å². The molecule has 3 aromatic heterocycles. The zero-order chi connectivity index (χ0) is 48.9. The Bertz CT molecular complexity index is 3580. The first-order valence-corrected chi connectivity index (χ1v) is 24.7. The molecule has 0 amide bonds. The zero-order valence-electron chi connectivity index (χ0n) is 41.2. The van der Waals surface area contributed by atoms with Gasteiger partial charge in [0.2, 0.25) is 0 Å². The number of aromatic nitrogens is 4. The van der Waals surface area contributed by atoms with E-state index in [9.17, 15) is 0 Å². The maximum Gasteiger partial charge on any atom is 3.00 e. The number of hydrogen-bond acceptors (Lipinski definition) is 3. The molecule has 0 aliphatic heterocycles. The molecule has 3 heterocycles. The van der Waals surface area contributed by atoms with Crippen molar-refractivity contribution in [1.29, 1.82) is 0 Å². The van der Waals surface area contributed by atoms with Crippen LogP contribution in [0.25, 0.3) is 101 Å². The van der Waals surface area contributed by atoms with Crippen molar-refractivity contribution in [2.24, 2.45) is 5.41 Å². The number of pyridine rings is 2. The minimum atomic E-state index is 0. The van der Waals surface area contributed by atoms with Crippen molar-refractivity contribution in [3.63, 3.8) is 0 Å². The van der Waals surface area contributed by atoms with Crippen molar-refractivity contribution in [3.8, 4) is 101 Å². The molecule has 73 heavy (non-hydrogen) atoms. The van der Waals surface area contributed by atoms with Crippen LogP contribution in [0.3, 0.4) is 0 Å². The summed E-state index contributed by atoms with van der Waals surface area (Å²) >= 11 is 0. The summed E-state index contributed by atoms with van der Waals surface area (Å²) < 4.78 is 2.23. The van der Waals surface area contributed by atoms with Crippen molar-refractivity contribution in [1.82, 2.24) is 19.5 Å². The topological polar surface area (TPSA) is 43.6 Å². The summed E-state index contributed by atoms with van der Waals surface area (Å²) in [6.45, 7) is 7.65. The summed E-state index contributed by atoms with van der Waals surface area (Å²) in [5, 5.41) is 0. The van der Waals surface area contributed by atoms with E-state index in [1.165, 1.54) is 22.3 Å². The number of benzene rings is 8. The molecule has 0 saturated carbocycles. The maximum atomic E-state index is 4.72. The number of hydrogen-bond donors (Lipinski definition) is 0. The average molecular weight is 1120 g/mol. The maximum absolute atomic E-state index is 4.72. The second-order valence-electron chi connectivity index (χ2n) is 19.6. The fraction of sp³-hybridized carbons (Fsp3) is 0.103. The molecule has 0 fully saturated rings. The van der Waals surface area contributed by atoms with Crippen molar-refractivity contribution >= 4 is 0 Å². The van der Waals surface area contributed by atoms with Gasteiger partial charge in [0.1, 0.15) is 0 Å². The quantitative estimate of drug-likeness (QED) is 0.108. The molecule has 4 nitrogen and oxygen atoms in total. The van der Waals surface area contributed by atoms with E-state index in [1.807, 2.05) is 55.0 Å². The Labute approximate surface area is 443 Å². The van der Waals surface area contributed by atoms with Crippen LogP contribution >= 0.6 is 0 Å². The molecule has 0 radical (unpaired) electrons. The molecular formula is C68H53IrN4. The van der Waals surface area contributed by atoms with E-state index in [1.54, 1.807) is 0 Å². The molecule has 0 bridgehead atoms. The number of nitrogens with zero attached hydrogens (tertiary/aromatic N) is 4. The molecule has 11 aromatic rings. The first-order chi connectivity index (χ1) is 35.3. The monoisotopic (exact) mass is 1120 g/mol. The molecule has 8 aromatic carbocycles. The van der Waals surface area contributed by atoms with Crippen molar-refractivity contribution in [2.45, 2.75) is 40.2 Å². The standard InChI is InChI=1S/C68H53N4.Ir/c1-68(2,3)47-72-42-41-71-67(72)57-23-21-48(22-24-57)19-20-49-43-59(62-16-8-7-15-61(62)53-29-33-55(34-30-53)65-17-9-11-39-69-65)45-60(44-49)63-38-37-58(52-27-25-51(26-28-52)50-13-5-4-6-14-50)46-64(63)54-31-35-56(36-32-54)66-18-10-12-40-70-66;/h4-18,21-23,25-33,35,37-46H,19-20,47H2,1-3H3;/q-3;+3. The first-order valence-electron chi connectivity index (χ1n) is 24.7. The molecule has 5 heteroatoms. The molecule has 0 unspecified atom stereocenters. The molecule has 354 valence electrons. The predicted molar refractivity (Wildman–Crippen MR) is 297 cm³/mol. The van der Waals surface area contributed by atoms with E-state index in [0.29, 0.717) is 0 Å². The normalized spacial score (nSPS) is 11.3. The largest absolute Gasteiger partial charge is 3.00 e. The van der Waals surface area contributed by atoms with Gasteiger partial charge < -0.3 is 14.5 Å². The summed E-state index contributed by atoms with van der Waals surface area (Å²) in [5.41, 5.74) is 21.1. The fourth-order valence-corrected chi connectivity index (χ4v) is 9.61. The van der Waals surface area contributed by atoms with Crippen molar-refractivity contribution in [3.05, 3.63) is 260 Å². The summed E-state index contributed by atoms with van der Waals surface area (Å²) in [5.74, 6) is 0.950. The van der Waals surface area contributed by atoms with E-state index in [-0.39, 0.29) is 25.5 Å². The molecule has 11 rings (SSSR count). The van der Waals surface area contributed by atoms with Crippen LogP contribution in [-0.2, 0) is 39.5 Å². The first kappa shape index (κ1) is 48.5. The van der Waals surface area contributed by atoms with E-state index in [2.05, 4.69) is 230 Å². The average Bonchev–Trinajstić information content (AvgIpc) is 3.90. The third-order valence-corrected chi connectivity index (χ3v) is 13.2. The van der Waals surface area contributed by atoms with Gasteiger partial charge in [-0.05, 0) is 91.5 Å². The summed E-state index contributed by atoms with van der Waals surface area (Å²) in [4.78, 5) is 13.9. The molecule has 0 aliphatic rings. The van der Waals surface area contributed by atoms with Crippen LogP contribution in [0.5, 0.6) is 0 Å². The van der Waals surface area contributed by atoms with Gasteiger partial charge in [-0.1, -0.05) is 183 Å². The molecule has 0 spiro atoms. The fourth-order valence-electron chi connectivity index (χ4n) is 9.61. The molecule has 0 N–H and O–H groups in total. The van der Waals surface area contributed by atoms with Gasteiger partial charge in [0, 0.05) is 31.3 Å². The van der Waals surface area contributed by atoms with Gasteiger partial charge in [0.15, 0.2) is 0 Å². The number of rotatable bonds is 13. The van der Waals surface area contributed by atoms with E-state index in [4.69, 9.17) is 4.98 Å². The Balaban J connectivity index is 0.00000611. The van der Waals surface area contributed by atoms with Crippen LogP contribution in [-0.4, -0.2) is 19.5 Å². The van der Waals surface area contributed by atoms with Crippen LogP contribution in [0.2, 0.25) is 0 Å². The van der Waals surface area contributed by atoms with Gasteiger partial charge >= 0.3 is 20.1 Å². The Morgan fingerprint density at radius 3 is 1.47 bits per heavy atom.